The van der Waals surface area contributed by atoms with Crippen molar-refractivity contribution in [2.24, 2.45) is 5.73 Å². The van der Waals surface area contributed by atoms with Gasteiger partial charge in [0.15, 0.2) is 0 Å². The molecule has 0 spiro atoms. The van der Waals surface area contributed by atoms with Crippen molar-refractivity contribution in [3.05, 3.63) is 65.9 Å². The van der Waals surface area contributed by atoms with Gasteiger partial charge >= 0.3 is 11.9 Å². The van der Waals surface area contributed by atoms with Crippen molar-refractivity contribution in [1.82, 2.24) is 20.9 Å². The quantitative estimate of drug-likeness (QED) is 0.110. The van der Waals surface area contributed by atoms with Crippen LogP contribution in [0, 0.1) is 0 Å². The van der Waals surface area contributed by atoms with Crippen LogP contribution in [0.25, 0.3) is 10.9 Å². The number of H-pyrrole nitrogens is 1. The first-order chi connectivity index (χ1) is 20.0. The average Bonchev–Trinajstić information content (AvgIpc) is 3.37. The minimum atomic E-state index is -1.57. The van der Waals surface area contributed by atoms with Gasteiger partial charge in [-0.3, -0.25) is 19.2 Å². The number of carbonyl (C=O) groups excluding carboxylic acids is 3. The number of aliphatic hydroxyl groups is 1. The molecule has 42 heavy (non-hydrogen) atoms. The van der Waals surface area contributed by atoms with Gasteiger partial charge < -0.3 is 47.1 Å². The molecule has 0 fully saturated rings. The number of phenolic OH excluding ortho intramolecular Hbond substituents is 1. The maximum absolute atomic E-state index is 13.2. The number of carbonyl (C=O) groups is 5. The zero-order chi connectivity index (χ0) is 30.8. The minimum Gasteiger partial charge on any atom is -0.508 e. The highest BCUT2D eigenvalue weighted by molar-refractivity contribution is 5.94. The van der Waals surface area contributed by atoms with E-state index < -0.39 is 60.4 Å². The Morgan fingerprint density at radius 1 is 0.810 bits per heavy atom. The molecule has 3 amide bonds. The summed E-state index contributed by atoms with van der Waals surface area (Å²) in [5.41, 5.74) is 7.71. The van der Waals surface area contributed by atoms with Crippen LogP contribution in [0.1, 0.15) is 24.0 Å². The number of fused-ring (bicyclic) bond motifs is 1. The predicted molar refractivity (Wildman–Crippen MR) is 149 cm³/mol. The fourth-order valence-electron chi connectivity index (χ4n) is 4.23. The van der Waals surface area contributed by atoms with E-state index in [0.717, 1.165) is 10.9 Å². The smallest absolute Gasteiger partial charge is 0.326 e. The van der Waals surface area contributed by atoms with Gasteiger partial charge in [0.25, 0.3) is 0 Å². The average molecular weight is 584 g/mol. The lowest BCUT2D eigenvalue weighted by molar-refractivity contribution is -0.142. The van der Waals surface area contributed by atoms with Crippen LogP contribution in [0.15, 0.2) is 54.7 Å². The molecule has 0 saturated heterocycles. The highest BCUT2D eigenvalue weighted by Crippen LogP contribution is 2.19. The summed E-state index contributed by atoms with van der Waals surface area (Å²) in [7, 11) is 0. The molecule has 4 atom stereocenters. The number of rotatable bonds is 15. The number of nitrogens with two attached hydrogens (primary N) is 1. The van der Waals surface area contributed by atoms with E-state index in [-0.39, 0.29) is 31.4 Å². The van der Waals surface area contributed by atoms with Crippen LogP contribution in [0.2, 0.25) is 0 Å². The molecule has 2 aromatic carbocycles. The van der Waals surface area contributed by atoms with Crippen LogP contribution < -0.4 is 21.7 Å². The molecular weight excluding hydrogens is 550 g/mol. The van der Waals surface area contributed by atoms with Crippen molar-refractivity contribution in [2.45, 2.75) is 49.9 Å². The Morgan fingerprint density at radius 3 is 2.07 bits per heavy atom. The Morgan fingerprint density at radius 2 is 1.43 bits per heavy atom. The summed E-state index contributed by atoms with van der Waals surface area (Å²) < 4.78 is 0. The van der Waals surface area contributed by atoms with Gasteiger partial charge in [0, 0.05) is 36.4 Å². The van der Waals surface area contributed by atoms with Gasteiger partial charge in [0.05, 0.1) is 12.6 Å². The number of hydrogen-bond acceptors (Lipinski definition) is 8. The van der Waals surface area contributed by atoms with Crippen LogP contribution in [0.4, 0.5) is 0 Å². The fourth-order valence-corrected chi connectivity index (χ4v) is 4.23. The second-order valence-corrected chi connectivity index (χ2v) is 9.68. The number of benzene rings is 2. The highest BCUT2D eigenvalue weighted by Gasteiger charge is 2.30. The van der Waals surface area contributed by atoms with Crippen LogP contribution in [0.3, 0.4) is 0 Å². The van der Waals surface area contributed by atoms with E-state index in [0.29, 0.717) is 11.1 Å². The third kappa shape index (κ3) is 8.78. The molecule has 14 nitrogen and oxygen atoms in total. The second kappa shape index (κ2) is 14.6. The molecule has 0 aliphatic heterocycles. The molecule has 0 aliphatic rings. The molecule has 1 aromatic heterocycles. The monoisotopic (exact) mass is 583 g/mol. The van der Waals surface area contributed by atoms with Crippen LogP contribution in [-0.4, -0.2) is 85.8 Å². The lowest BCUT2D eigenvalue weighted by Crippen LogP contribution is -2.58. The maximum Gasteiger partial charge on any atom is 0.326 e. The highest BCUT2D eigenvalue weighted by atomic mass is 16.4. The number of carboxylic acids is 2. The van der Waals surface area contributed by atoms with Crippen molar-refractivity contribution in [1.29, 1.82) is 0 Å². The summed E-state index contributed by atoms with van der Waals surface area (Å²) in [6, 6.07) is 7.45. The van der Waals surface area contributed by atoms with Crippen LogP contribution in [-0.2, 0) is 36.8 Å². The molecule has 0 radical (unpaired) electrons. The minimum absolute atomic E-state index is 0.0304. The Bertz CT molecular complexity index is 1420. The van der Waals surface area contributed by atoms with Crippen molar-refractivity contribution < 1.29 is 44.4 Å². The van der Waals surface area contributed by atoms with Gasteiger partial charge in [-0.1, -0.05) is 30.3 Å². The standard InChI is InChI=1S/C28H33N5O9/c29-19(9-10-24(36)37)25(38)31-21(11-15-5-7-17(35)8-6-15)26(39)33-23(14-34)27(40)32-22(28(41)42)12-16-13-30-20-4-2-1-3-18(16)20/h1-8,13,19,21-23,30,34-35H,9-12,14,29H2,(H,31,38)(H,32,40)(H,33,39)(H,36,37)(H,41,42). The molecule has 14 heteroatoms. The number of hydrogen-bond donors (Lipinski definition) is 9. The summed E-state index contributed by atoms with van der Waals surface area (Å²) in [6.07, 6.45) is 0.880. The first-order valence-corrected chi connectivity index (χ1v) is 13.0. The molecule has 0 aliphatic carbocycles. The first-order valence-electron chi connectivity index (χ1n) is 13.0. The van der Waals surface area contributed by atoms with Gasteiger partial charge in [0.1, 0.15) is 23.9 Å². The topological polar surface area (TPSA) is 244 Å². The second-order valence-electron chi connectivity index (χ2n) is 9.68. The largest absolute Gasteiger partial charge is 0.508 e. The van der Waals surface area contributed by atoms with Crippen molar-refractivity contribution in [3.8, 4) is 5.75 Å². The lowest BCUT2D eigenvalue weighted by atomic mass is 10.0. The summed E-state index contributed by atoms with van der Waals surface area (Å²) in [5.74, 6) is -5.19. The Labute approximate surface area is 239 Å². The molecular formula is C28H33N5O9. The van der Waals surface area contributed by atoms with Gasteiger partial charge in [-0.05, 0) is 35.7 Å². The Kier molecular flexibility index (Phi) is 11.0. The third-order valence-corrected chi connectivity index (χ3v) is 6.54. The van der Waals surface area contributed by atoms with Crippen molar-refractivity contribution in [2.75, 3.05) is 6.61 Å². The van der Waals surface area contributed by atoms with Gasteiger partial charge in [-0.2, -0.15) is 0 Å². The molecule has 0 bridgehead atoms. The van der Waals surface area contributed by atoms with E-state index in [4.69, 9.17) is 10.8 Å². The van der Waals surface area contributed by atoms with E-state index in [9.17, 15) is 39.3 Å². The van der Waals surface area contributed by atoms with E-state index in [1.807, 2.05) is 12.1 Å². The normalized spacial score (nSPS) is 13.9. The number of aliphatic hydroxyl groups excluding tert-OH is 1. The predicted octanol–water partition coefficient (Wildman–Crippen LogP) is -0.618. The number of amides is 3. The number of para-hydroxylation sites is 1. The first kappa shape index (κ1) is 31.6. The molecule has 0 saturated carbocycles. The summed E-state index contributed by atoms with van der Waals surface area (Å²) >= 11 is 0. The van der Waals surface area contributed by atoms with E-state index in [2.05, 4.69) is 20.9 Å². The van der Waals surface area contributed by atoms with Crippen LogP contribution in [0.5, 0.6) is 5.75 Å². The fraction of sp³-hybridized carbons (Fsp3) is 0.321. The van der Waals surface area contributed by atoms with Gasteiger partial charge in [-0.15, -0.1) is 0 Å². The van der Waals surface area contributed by atoms with E-state index in [1.54, 1.807) is 18.3 Å². The molecule has 10 N–H and O–H groups in total. The SMILES string of the molecule is NC(CCC(=O)O)C(=O)NC(Cc1ccc(O)cc1)C(=O)NC(CO)C(=O)NC(Cc1c[nH]c2ccccc12)C(=O)O. The summed E-state index contributed by atoms with van der Waals surface area (Å²) in [4.78, 5) is 64.6. The van der Waals surface area contributed by atoms with E-state index >= 15 is 0 Å². The summed E-state index contributed by atoms with van der Waals surface area (Å²) in [6.45, 7) is -0.880. The lowest BCUT2D eigenvalue weighted by Gasteiger charge is -2.24. The molecule has 4 unspecified atom stereocenters. The number of carboxylic acid groups (broad SMARTS) is 2. The number of aliphatic carboxylic acids is 2. The number of aromatic nitrogens is 1. The van der Waals surface area contributed by atoms with Crippen LogP contribution >= 0.6 is 0 Å². The number of aromatic hydroxyl groups is 1. The molecule has 3 rings (SSSR count). The maximum atomic E-state index is 13.2. The Hall–Kier alpha value is -4.95. The van der Waals surface area contributed by atoms with Crippen molar-refractivity contribution in [3.63, 3.8) is 0 Å². The zero-order valence-corrected chi connectivity index (χ0v) is 22.4. The summed E-state index contributed by atoms with van der Waals surface area (Å²) in [5, 5.41) is 45.9. The van der Waals surface area contributed by atoms with Gasteiger partial charge in [-0.25, -0.2) is 4.79 Å². The molecule has 3 aromatic rings. The zero-order valence-electron chi connectivity index (χ0n) is 22.4. The van der Waals surface area contributed by atoms with Gasteiger partial charge in [0.2, 0.25) is 17.7 Å². The molecule has 1 heterocycles. The van der Waals surface area contributed by atoms with Crippen molar-refractivity contribution >= 4 is 40.6 Å². The molecule has 224 valence electrons. The number of nitrogens with one attached hydrogen (secondary N) is 4. The Balaban J connectivity index is 1.72. The number of phenols is 1. The number of aromatic amines is 1. The third-order valence-electron chi connectivity index (χ3n) is 6.54. The van der Waals surface area contributed by atoms with E-state index in [1.165, 1.54) is 24.3 Å².